The molecule has 5 nitrogen and oxygen atoms in total. The molecule has 0 aliphatic heterocycles. The maximum absolute atomic E-state index is 6.16. The lowest BCUT2D eigenvalue weighted by Gasteiger charge is -2.14. The Bertz CT molecular complexity index is 1400. The Morgan fingerprint density at radius 2 is 1.66 bits per heavy atom. The van der Waals surface area contributed by atoms with Crippen molar-refractivity contribution in [2.75, 3.05) is 13.7 Å². The van der Waals surface area contributed by atoms with Gasteiger partial charge in [-0.2, -0.15) is 0 Å². The smallest absolute Gasteiger partial charge is 0.160 e. The molecular weight excluding hydrogens is 398 g/mol. The normalized spacial score (nSPS) is 11.6. The van der Waals surface area contributed by atoms with Crippen LogP contribution in [0, 0.1) is 5.92 Å². The standard InChI is InChI=1S/C27H27N3O2/c1-18(2)14-15-32-25-11-7-4-8-19(25)17-30-24-13-12-20(31-3)16-21(24)26-27(30)29-23-10-6-5-9-22(23)28-26/h4-13,16,18H,14-15,17H2,1-3H3. The SMILES string of the molecule is COc1ccc2c(c1)c1nc3ccccc3nc1n2Cc1ccccc1OCCC(C)C. The molecule has 0 atom stereocenters. The van der Waals surface area contributed by atoms with Gasteiger partial charge in [0, 0.05) is 10.9 Å². The Morgan fingerprint density at radius 3 is 2.44 bits per heavy atom. The molecule has 0 fully saturated rings. The first-order chi connectivity index (χ1) is 15.6. The fraction of sp³-hybridized carbons (Fsp3) is 0.259. The summed E-state index contributed by atoms with van der Waals surface area (Å²) in [6, 6.07) is 22.4. The zero-order chi connectivity index (χ0) is 22.1. The first-order valence-corrected chi connectivity index (χ1v) is 11.1. The van der Waals surface area contributed by atoms with E-state index in [4.69, 9.17) is 19.4 Å². The number of rotatable bonds is 7. The number of hydrogen-bond acceptors (Lipinski definition) is 4. The average Bonchev–Trinajstić information content (AvgIpc) is 3.10. The largest absolute Gasteiger partial charge is 0.497 e. The molecule has 5 rings (SSSR count). The molecule has 0 amide bonds. The van der Waals surface area contributed by atoms with Gasteiger partial charge >= 0.3 is 0 Å². The van der Waals surface area contributed by atoms with Gasteiger partial charge in [0.25, 0.3) is 0 Å². The summed E-state index contributed by atoms with van der Waals surface area (Å²) in [7, 11) is 1.69. The van der Waals surface area contributed by atoms with Crippen LogP contribution in [0.1, 0.15) is 25.8 Å². The van der Waals surface area contributed by atoms with E-state index in [0.717, 1.165) is 56.6 Å². The fourth-order valence-electron chi connectivity index (χ4n) is 4.05. The van der Waals surface area contributed by atoms with Crippen molar-refractivity contribution in [1.82, 2.24) is 14.5 Å². The Hall–Kier alpha value is -3.60. The number of fused-ring (bicyclic) bond motifs is 4. The number of para-hydroxylation sites is 3. The van der Waals surface area contributed by atoms with Crippen LogP contribution in [0.3, 0.4) is 0 Å². The monoisotopic (exact) mass is 425 g/mol. The van der Waals surface area contributed by atoms with Crippen molar-refractivity contribution in [1.29, 1.82) is 0 Å². The van der Waals surface area contributed by atoms with Crippen molar-refractivity contribution in [3.63, 3.8) is 0 Å². The van der Waals surface area contributed by atoms with Crippen LogP contribution in [-0.2, 0) is 6.54 Å². The van der Waals surface area contributed by atoms with Crippen LogP contribution in [0.5, 0.6) is 11.5 Å². The van der Waals surface area contributed by atoms with Crippen LogP contribution in [-0.4, -0.2) is 28.3 Å². The fourth-order valence-corrected chi connectivity index (χ4v) is 4.05. The molecule has 0 radical (unpaired) electrons. The summed E-state index contributed by atoms with van der Waals surface area (Å²) in [5.74, 6) is 2.34. The zero-order valence-electron chi connectivity index (χ0n) is 18.7. The molecule has 162 valence electrons. The second-order valence-corrected chi connectivity index (χ2v) is 8.49. The summed E-state index contributed by atoms with van der Waals surface area (Å²) in [6.07, 6.45) is 1.03. The van der Waals surface area contributed by atoms with Crippen molar-refractivity contribution in [2.24, 2.45) is 5.92 Å². The summed E-state index contributed by atoms with van der Waals surface area (Å²) in [6.45, 7) is 5.79. The number of ether oxygens (including phenoxy) is 2. The molecule has 0 aliphatic carbocycles. The predicted octanol–water partition coefficient (Wildman–Crippen LogP) is 6.22. The number of hydrogen-bond donors (Lipinski definition) is 0. The lowest BCUT2D eigenvalue weighted by molar-refractivity contribution is 0.286. The van der Waals surface area contributed by atoms with Crippen LogP contribution >= 0.6 is 0 Å². The molecule has 0 N–H and O–H groups in total. The average molecular weight is 426 g/mol. The summed E-state index contributed by atoms with van der Waals surface area (Å²) >= 11 is 0. The van der Waals surface area contributed by atoms with Gasteiger partial charge in [0.15, 0.2) is 5.65 Å². The van der Waals surface area contributed by atoms with Gasteiger partial charge < -0.3 is 14.0 Å². The second kappa shape index (κ2) is 8.50. The third kappa shape index (κ3) is 3.75. The minimum atomic E-state index is 0.609. The van der Waals surface area contributed by atoms with Crippen LogP contribution in [0.2, 0.25) is 0 Å². The summed E-state index contributed by atoms with van der Waals surface area (Å²) in [5.41, 5.74) is 5.73. The van der Waals surface area contributed by atoms with Crippen molar-refractivity contribution in [3.05, 3.63) is 72.3 Å². The van der Waals surface area contributed by atoms with E-state index < -0.39 is 0 Å². The van der Waals surface area contributed by atoms with Gasteiger partial charge in [0.2, 0.25) is 0 Å². The van der Waals surface area contributed by atoms with E-state index in [1.54, 1.807) is 7.11 Å². The quantitative estimate of drug-likeness (QED) is 0.311. The first kappa shape index (κ1) is 20.3. The number of benzene rings is 3. The van der Waals surface area contributed by atoms with Crippen LogP contribution in [0.4, 0.5) is 0 Å². The van der Waals surface area contributed by atoms with Crippen LogP contribution < -0.4 is 9.47 Å². The molecule has 2 heterocycles. The summed E-state index contributed by atoms with van der Waals surface area (Å²) < 4.78 is 13.9. The lowest BCUT2D eigenvalue weighted by Crippen LogP contribution is -2.06. The minimum absolute atomic E-state index is 0.609. The summed E-state index contributed by atoms with van der Waals surface area (Å²) in [5, 5.41) is 1.04. The Labute approximate surface area is 187 Å². The highest BCUT2D eigenvalue weighted by Gasteiger charge is 2.17. The highest BCUT2D eigenvalue weighted by Crippen LogP contribution is 2.32. The maximum Gasteiger partial charge on any atom is 0.160 e. The molecule has 0 unspecified atom stereocenters. The third-order valence-electron chi connectivity index (χ3n) is 5.81. The Balaban J connectivity index is 1.66. The Morgan fingerprint density at radius 1 is 0.906 bits per heavy atom. The molecule has 3 aromatic carbocycles. The molecule has 0 spiro atoms. The molecule has 0 saturated heterocycles. The van der Waals surface area contributed by atoms with E-state index in [1.165, 1.54) is 0 Å². The van der Waals surface area contributed by atoms with Crippen molar-refractivity contribution in [3.8, 4) is 11.5 Å². The van der Waals surface area contributed by atoms with E-state index in [0.29, 0.717) is 19.1 Å². The summed E-state index contributed by atoms with van der Waals surface area (Å²) in [4.78, 5) is 9.97. The van der Waals surface area contributed by atoms with Crippen LogP contribution in [0.25, 0.3) is 33.1 Å². The Kier molecular flexibility index (Phi) is 5.39. The van der Waals surface area contributed by atoms with Gasteiger partial charge in [0.05, 0.1) is 36.8 Å². The van der Waals surface area contributed by atoms with E-state index in [1.807, 2.05) is 48.5 Å². The highest BCUT2D eigenvalue weighted by molar-refractivity contribution is 6.07. The van der Waals surface area contributed by atoms with E-state index in [2.05, 4.69) is 36.6 Å². The third-order valence-corrected chi connectivity index (χ3v) is 5.81. The molecule has 0 aliphatic rings. The molecule has 5 aromatic rings. The number of methoxy groups -OCH3 is 1. The van der Waals surface area contributed by atoms with Gasteiger partial charge in [-0.1, -0.05) is 44.2 Å². The van der Waals surface area contributed by atoms with E-state index in [-0.39, 0.29) is 0 Å². The maximum atomic E-state index is 6.16. The minimum Gasteiger partial charge on any atom is -0.497 e. The number of nitrogens with zero attached hydrogens (tertiary/aromatic N) is 3. The second-order valence-electron chi connectivity index (χ2n) is 8.49. The predicted molar refractivity (Wildman–Crippen MR) is 130 cm³/mol. The molecule has 0 bridgehead atoms. The molecular formula is C27H27N3O2. The topological polar surface area (TPSA) is 49.2 Å². The van der Waals surface area contributed by atoms with Crippen LogP contribution in [0.15, 0.2) is 66.7 Å². The van der Waals surface area contributed by atoms with Gasteiger partial charge in [-0.3, -0.25) is 0 Å². The van der Waals surface area contributed by atoms with Crippen molar-refractivity contribution >= 4 is 33.1 Å². The molecule has 0 saturated carbocycles. The van der Waals surface area contributed by atoms with Gasteiger partial charge in [-0.05, 0) is 48.7 Å². The van der Waals surface area contributed by atoms with Gasteiger partial charge in [0.1, 0.15) is 17.0 Å². The highest BCUT2D eigenvalue weighted by atomic mass is 16.5. The van der Waals surface area contributed by atoms with Gasteiger partial charge in [-0.15, -0.1) is 0 Å². The number of aromatic nitrogens is 3. The zero-order valence-corrected chi connectivity index (χ0v) is 18.7. The lowest BCUT2D eigenvalue weighted by atomic mass is 10.1. The molecule has 2 aromatic heterocycles. The first-order valence-electron chi connectivity index (χ1n) is 11.1. The van der Waals surface area contributed by atoms with E-state index in [9.17, 15) is 0 Å². The van der Waals surface area contributed by atoms with Crippen molar-refractivity contribution in [2.45, 2.75) is 26.8 Å². The molecule has 32 heavy (non-hydrogen) atoms. The van der Waals surface area contributed by atoms with E-state index >= 15 is 0 Å². The molecule has 5 heteroatoms. The van der Waals surface area contributed by atoms with Gasteiger partial charge in [-0.25, -0.2) is 9.97 Å². The van der Waals surface area contributed by atoms with Crippen molar-refractivity contribution < 1.29 is 9.47 Å².